The fraction of sp³-hybridized carbons (Fsp3) is 0.500. The van der Waals surface area contributed by atoms with Crippen LogP contribution in [-0.2, 0) is 17.9 Å². The molecule has 6 nitrogen and oxygen atoms in total. The Morgan fingerprint density at radius 3 is 2.68 bits per heavy atom. The maximum atomic E-state index is 13.1. The second-order valence-corrected chi connectivity index (χ2v) is 6.89. The summed E-state index contributed by atoms with van der Waals surface area (Å²) in [5.41, 5.74) is 2.01. The number of benzene rings is 1. The molecule has 2 aliphatic heterocycles. The van der Waals surface area contributed by atoms with Crippen molar-refractivity contribution >= 4 is 5.91 Å². The van der Waals surface area contributed by atoms with Crippen molar-refractivity contribution in [2.75, 3.05) is 13.1 Å². The van der Waals surface area contributed by atoms with Crippen LogP contribution in [0.25, 0.3) is 0 Å². The Morgan fingerprint density at radius 1 is 1.24 bits per heavy atom. The number of nitrogens with zero attached hydrogens (tertiary/aromatic N) is 4. The van der Waals surface area contributed by atoms with Crippen LogP contribution in [0.5, 0.6) is 0 Å². The first-order valence-corrected chi connectivity index (χ1v) is 8.70. The predicted octanol–water partition coefficient (Wildman–Crippen LogP) is 2.56. The fourth-order valence-corrected chi connectivity index (χ4v) is 3.42. The van der Waals surface area contributed by atoms with Crippen LogP contribution in [0.1, 0.15) is 47.6 Å². The quantitative estimate of drug-likeness (QED) is 0.840. The maximum Gasteiger partial charge on any atom is 0.276 e. The first-order chi connectivity index (χ1) is 12.1. The number of fused-ring (bicyclic) bond motifs is 1. The minimum atomic E-state index is -0.273. The van der Waals surface area contributed by atoms with Crippen LogP contribution in [0.2, 0.25) is 0 Å². The summed E-state index contributed by atoms with van der Waals surface area (Å²) in [4.78, 5) is 14.6. The molecule has 1 amide bonds. The highest BCUT2D eigenvalue weighted by atomic mass is 19.1. The Labute approximate surface area is 145 Å². The SMILES string of the molecule is CC1CCN(C(=O)c2nnn3c2CO[C@@H](c2ccc(F)cc2)C3)CC1. The van der Waals surface area contributed by atoms with E-state index >= 15 is 0 Å². The second kappa shape index (κ2) is 6.55. The molecule has 1 saturated heterocycles. The van der Waals surface area contributed by atoms with Gasteiger partial charge in [-0.15, -0.1) is 5.10 Å². The van der Waals surface area contributed by atoms with Crippen molar-refractivity contribution < 1.29 is 13.9 Å². The van der Waals surface area contributed by atoms with Crippen molar-refractivity contribution in [3.8, 4) is 0 Å². The third-order valence-electron chi connectivity index (χ3n) is 5.11. The molecule has 1 fully saturated rings. The van der Waals surface area contributed by atoms with Gasteiger partial charge in [0.15, 0.2) is 5.69 Å². The summed E-state index contributed by atoms with van der Waals surface area (Å²) >= 11 is 0. The third kappa shape index (κ3) is 3.16. The summed E-state index contributed by atoms with van der Waals surface area (Å²) in [6, 6.07) is 6.26. The topological polar surface area (TPSA) is 60.2 Å². The summed E-state index contributed by atoms with van der Waals surface area (Å²) in [6.45, 7) is 4.50. The molecule has 4 rings (SSSR count). The maximum absolute atomic E-state index is 13.1. The summed E-state index contributed by atoms with van der Waals surface area (Å²) < 4.78 is 20.7. The number of rotatable bonds is 2. The lowest BCUT2D eigenvalue weighted by Crippen LogP contribution is -2.38. The van der Waals surface area contributed by atoms with Gasteiger partial charge in [-0.25, -0.2) is 9.07 Å². The van der Waals surface area contributed by atoms with Crippen LogP contribution in [0.3, 0.4) is 0 Å². The van der Waals surface area contributed by atoms with Gasteiger partial charge in [0.1, 0.15) is 11.9 Å². The van der Waals surface area contributed by atoms with Crippen molar-refractivity contribution in [2.45, 2.75) is 39.0 Å². The van der Waals surface area contributed by atoms with Gasteiger partial charge >= 0.3 is 0 Å². The van der Waals surface area contributed by atoms with Gasteiger partial charge in [-0.3, -0.25) is 4.79 Å². The molecular formula is C18H21FN4O2. The van der Waals surface area contributed by atoms with Gasteiger partial charge in [0, 0.05) is 13.1 Å². The largest absolute Gasteiger partial charge is 0.365 e. The molecule has 0 saturated carbocycles. The van der Waals surface area contributed by atoms with Crippen LogP contribution in [0, 0.1) is 11.7 Å². The van der Waals surface area contributed by atoms with Gasteiger partial charge in [0.2, 0.25) is 0 Å². The molecular weight excluding hydrogens is 323 g/mol. The third-order valence-corrected chi connectivity index (χ3v) is 5.11. The van der Waals surface area contributed by atoms with Gasteiger partial charge in [0.25, 0.3) is 5.91 Å². The van der Waals surface area contributed by atoms with Gasteiger partial charge < -0.3 is 9.64 Å². The monoisotopic (exact) mass is 344 g/mol. The smallest absolute Gasteiger partial charge is 0.276 e. The minimum absolute atomic E-state index is 0.0583. The van der Waals surface area contributed by atoms with E-state index in [2.05, 4.69) is 17.2 Å². The predicted molar refractivity (Wildman–Crippen MR) is 88.3 cm³/mol. The summed E-state index contributed by atoms with van der Waals surface area (Å²) in [6.07, 6.45) is 1.84. The van der Waals surface area contributed by atoms with Crippen LogP contribution in [0.15, 0.2) is 24.3 Å². The Kier molecular flexibility index (Phi) is 4.25. The Hall–Kier alpha value is -2.28. The molecule has 3 heterocycles. The number of halogens is 1. The molecule has 0 N–H and O–H groups in total. The molecule has 132 valence electrons. The Balaban J connectivity index is 1.50. The fourth-order valence-electron chi connectivity index (χ4n) is 3.42. The van der Waals surface area contributed by atoms with Gasteiger partial charge in [-0.05, 0) is 36.5 Å². The number of piperidine rings is 1. The molecule has 0 aliphatic carbocycles. The van der Waals surface area contributed by atoms with Crippen molar-refractivity contribution in [3.05, 3.63) is 47.0 Å². The molecule has 2 aliphatic rings. The highest BCUT2D eigenvalue weighted by molar-refractivity contribution is 5.93. The number of carbonyl (C=O) groups is 1. The first kappa shape index (κ1) is 16.2. The Morgan fingerprint density at radius 2 is 1.96 bits per heavy atom. The van der Waals surface area contributed by atoms with Crippen LogP contribution in [-0.4, -0.2) is 38.9 Å². The number of aromatic nitrogens is 3. The zero-order valence-electron chi connectivity index (χ0n) is 14.2. The number of hydrogen-bond acceptors (Lipinski definition) is 4. The van der Waals surface area contributed by atoms with Gasteiger partial charge in [-0.1, -0.05) is 24.3 Å². The number of ether oxygens (including phenoxy) is 1. The lowest BCUT2D eigenvalue weighted by atomic mass is 9.99. The second-order valence-electron chi connectivity index (χ2n) is 6.89. The standard InChI is InChI=1S/C18H21FN4O2/c1-12-6-8-22(9-7-12)18(24)17-15-11-25-16(10-23(15)21-20-17)13-2-4-14(19)5-3-13/h2-5,12,16H,6-11H2,1H3/t16-/m1/s1. The van der Waals surface area contributed by atoms with Crippen molar-refractivity contribution in [1.82, 2.24) is 19.9 Å². The highest BCUT2D eigenvalue weighted by Crippen LogP contribution is 2.28. The van der Waals surface area contributed by atoms with E-state index in [0.717, 1.165) is 37.2 Å². The number of hydrogen-bond donors (Lipinski definition) is 0. The normalized spacial score (nSPS) is 21.2. The Bertz CT molecular complexity index is 766. The van der Waals surface area contributed by atoms with Gasteiger partial charge in [0.05, 0.1) is 18.8 Å². The van der Waals surface area contributed by atoms with Crippen LogP contribution < -0.4 is 0 Å². The van der Waals surface area contributed by atoms with E-state index in [0.29, 0.717) is 18.2 Å². The summed E-state index contributed by atoms with van der Waals surface area (Å²) in [7, 11) is 0. The zero-order valence-corrected chi connectivity index (χ0v) is 14.2. The lowest BCUT2D eigenvalue weighted by molar-refractivity contribution is -0.00203. The van der Waals surface area contributed by atoms with Crippen LogP contribution >= 0.6 is 0 Å². The number of carbonyl (C=O) groups excluding carboxylic acids is 1. The highest BCUT2D eigenvalue weighted by Gasteiger charge is 2.31. The number of likely N-dealkylation sites (tertiary alicyclic amines) is 1. The molecule has 1 aromatic heterocycles. The van der Waals surface area contributed by atoms with Crippen molar-refractivity contribution in [2.24, 2.45) is 5.92 Å². The van der Waals surface area contributed by atoms with E-state index in [1.54, 1.807) is 16.8 Å². The molecule has 1 atom stereocenters. The minimum Gasteiger partial charge on any atom is -0.365 e. The zero-order chi connectivity index (χ0) is 17.4. The molecule has 2 aromatic rings. The van der Waals surface area contributed by atoms with Crippen molar-refractivity contribution in [3.63, 3.8) is 0 Å². The molecule has 1 aromatic carbocycles. The average molecular weight is 344 g/mol. The van der Waals surface area contributed by atoms with E-state index in [9.17, 15) is 9.18 Å². The lowest BCUT2D eigenvalue weighted by Gasteiger charge is -2.30. The summed E-state index contributed by atoms with van der Waals surface area (Å²) in [5.74, 6) is 0.333. The van der Waals surface area contributed by atoms with Crippen LogP contribution in [0.4, 0.5) is 4.39 Å². The molecule has 0 bridgehead atoms. The van der Waals surface area contributed by atoms with E-state index in [-0.39, 0.29) is 24.4 Å². The first-order valence-electron chi connectivity index (χ1n) is 8.70. The number of amides is 1. The molecule has 0 unspecified atom stereocenters. The molecule has 0 radical (unpaired) electrons. The van der Waals surface area contributed by atoms with E-state index in [1.807, 2.05) is 4.90 Å². The van der Waals surface area contributed by atoms with E-state index in [1.165, 1.54) is 12.1 Å². The van der Waals surface area contributed by atoms with Crippen molar-refractivity contribution in [1.29, 1.82) is 0 Å². The van der Waals surface area contributed by atoms with E-state index in [4.69, 9.17) is 4.74 Å². The molecule has 25 heavy (non-hydrogen) atoms. The molecule has 7 heteroatoms. The molecule has 0 spiro atoms. The van der Waals surface area contributed by atoms with E-state index < -0.39 is 0 Å². The van der Waals surface area contributed by atoms with Gasteiger partial charge in [-0.2, -0.15) is 0 Å². The summed E-state index contributed by atoms with van der Waals surface area (Å²) in [5, 5.41) is 8.26. The average Bonchev–Trinajstić information content (AvgIpc) is 3.05.